The zero-order valence-electron chi connectivity index (χ0n) is 24.2. The van der Waals surface area contributed by atoms with Crippen molar-refractivity contribution >= 4 is 46.6 Å². The maximum absolute atomic E-state index is 13.5. The van der Waals surface area contributed by atoms with Crippen LogP contribution in [0, 0.1) is 0 Å². The van der Waals surface area contributed by atoms with Crippen molar-refractivity contribution in [1.82, 2.24) is 0 Å². The van der Waals surface area contributed by atoms with Gasteiger partial charge in [-0.25, -0.2) is 4.42 Å². The molecule has 2 aliphatic rings. The van der Waals surface area contributed by atoms with Gasteiger partial charge in [-0.2, -0.15) is 0 Å². The lowest BCUT2D eigenvalue weighted by Crippen LogP contribution is -2.29. The highest BCUT2D eigenvalue weighted by atomic mass is 35.5. The largest absolute Gasteiger partial charge is 0.871 e. The summed E-state index contributed by atoms with van der Waals surface area (Å²) in [5.41, 5.74) is 4.57. The van der Waals surface area contributed by atoms with Gasteiger partial charge in [-0.1, -0.05) is 102 Å². The van der Waals surface area contributed by atoms with Crippen molar-refractivity contribution in [1.29, 1.82) is 0 Å². The van der Waals surface area contributed by atoms with E-state index in [9.17, 15) is 9.90 Å². The van der Waals surface area contributed by atoms with E-state index < -0.39 is 0 Å². The molecule has 0 atom stereocenters. The van der Waals surface area contributed by atoms with E-state index in [1.807, 2.05) is 109 Å². The van der Waals surface area contributed by atoms with Crippen LogP contribution in [0.25, 0.3) is 40.2 Å². The molecule has 0 amide bonds. The van der Waals surface area contributed by atoms with Crippen LogP contribution in [0.15, 0.2) is 166 Å². The summed E-state index contributed by atoms with van der Waals surface area (Å²) < 4.78 is 12.5. The van der Waals surface area contributed by atoms with Crippen LogP contribution < -0.4 is 5.11 Å². The Kier molecular flexibility index (Phi) is 7.98. The molecular weight excluding hydrogens is 615 g/mol. The fourth-order valence-corrected chi connectivity index (χ4v) is 5.77. The number of hydrogen-bond donors (Lipinski definition) is 0. The molecule has 222 valence electrons. The summed E-state index contributed by atoms with van der Waals surface area (Å²) in [5, 5.41) is 14.5. The first-order valence-electron chi connectivity index (χ1n) is 14.5. The van der Waals surface area contributed by atoms with Crippen LogP contribution in [0.5, 0.6) is 0 Å². The number of halogens is 2. The second-order valence-electron chi connectivity index (χ2n) is 10.7. The van der Waals surface area contributed by atoms with Crippen molar-refractivity contribution in [2.24, 2.45) is 0 Å². The minimum atomic E-state index is -0.340. The lowest BCUT2D eigenvalue weighted by molar-refractivity contribution is -0.300. The monoisotopic (exact) mass is 638 g/mol. The molecule has 0 radical (unpaired) electrons. The summed E-state index contributed by atoms with van der Waals surface area (Å²) >= 11 is 13.0. The minimum Gasteiger partial charge on any atom is -0.871 e. The van der Waals surface area contributed by atoms with Gasteiger partial charge in [-0.3, -0.25) is 4.79 Å². The second kappa shape index (κ2) is 12.5. The van der Waals surface area contributed by atoms with E-state index in [1.54, 1.807) is 36.4 Å². The summed E-state index contributed by atoms with van der Waals surface area (Å²) in [4.78, 5) is 13.5. The molecule has 0 saturated carbocycles. The maximum Gasteiger partial charge on any atom is 0.362 e. The SMILES string of the molecule is O=C1C(=Cc2cc(-c3ccccc3)[o+]c(-c3ccccc3Cl)c2)C([O-])=C1C=C1C=C(c2ccccc2)OC(c2ccccc2Cl)=C1. The van der Waals surface area contributed by atoms with Crippen molar-refractivity contribution in [2.75, 3.05) is 0 Å². The Morgan fingerprint density at radius 2 is 1.20 bits per heavy atom. The summed E-state index contributed by atoms with van der Waals surface area (Å²) in [6.07, 6.45) is 6.81. The molecule has 5 aromatic rings. The normalized spacial score (nSPS) is 16.2. The number of ether oxygens (including phenoxy) is 1. The molecule has 2 heterocycles. The predicted octanol–water partition coefficient (Wildman–Crippen LogP) is 9.82. The second-order valence-corrected chi connectivity index (χ2v) is 11.5. The summed E-state index contributed by atoms with van der Waals surface area (Å²) in [6, 6.07) is 37.5. The summed E-state index contributed by atoms with van der Waals surface area (Å²) in [5.74, 6) is 1.51. The van der Waals surface area contributed by atoms with Gasteiger partial charge in [0.25, 0.3) is 0 Å². The third-order valence-electron chi connectivity index (χ3n) is 7.63. The number of Topliss-reactive ketones (excluding diaryl/α,β-unsaturated/α-hetero) is 1. The van der Waals surface area contributed by atoms with E-state index in [4.69, 9.17) is 32.4 Å². The lowest BCUT2D eigenvalue weighted by atomic mass is 9.85. The number of carbonyl (C=O) groups excluding carboxylic acids is 1. The standard InChI is InChI=1S/C40H24Cl2O4/c41-33-17-9-7-15-29(33)37-23-25(21-35(45-37)27-11-3-1-4-12-27)19-31-39(43)32(40(31)44)20-26-22-36(28-13-5-2-6-14-28)46-38(24-26)30-16-8-10-18-34(30)42/h1-24H. The first-order chi connectivity index (χ1) is 22.4. The Balaban J connectivity index is 1.29. The average Bonchev–Trinajstić information content (AvgIpc) is 3.10. The van der Waals surface area contributed by atoms with Gasteiger partial charge in [0, 0.05) is 22.3 Å². The van der Waals surface area contributed by atoms with E-state index in [-0.39, 0.29) is 22.7 Å². The zero-order chi connectivity index (χ0) is 31.6. The van der Waals surface area contributed by atoms with Crippen molar-refractivity contribution in [3.05, 3.63) is 189 Å². The van der Waals surface area contributed by atoms with Crippen LogP contribution in [-0.2, 0) is 9.53 Å². The van der Waals surface area contributed by atoms with Gasteiger partial charge in [-0.15, -0.1) is 0 Å². The maximum atomic E-state index is 13.5. The number of carbonyl (C=O) groups is 1. The number of rotatable bonds is 6. The lowest BCUT2D eigenvalue weighted by Gasteiger charge is -2.29. The Morgan fingerprint density at radius 3 is 1.85 bits per heavy atom. The highest BCUT2D eigenvalue weighted by Crippen LogP contribution is 2.38. The molecule has 0 N–H and O–H groups in total. The molecule has 6 heteroatoms. The number of ketones is 1. The third kappa shape index (κ3) is 5.84. The first kappa shape index (κ1) is 29.3. The highest BCUT2D eigenvalue weighted by Gasteiger charge is 2.28. The molecule has 1 aromatic heterocycles. The minimum absolute atomic E-state index is 0.0943. The molecule has 7 rings (SSSR count). The fourth-order valence-electron chi connectivity index (χ4n) is 5.32. The van der Waals surface area contributed by atoms with Crippen molar-refractivity contribution < 1.29 is 19.1 Å². The Bertz CT molecular complexity index is 2160. The van der Waals surface area contributed by atoms with Gasteiger partial charge in [0.2, 0.25) is 0 Å². The van der Waals surface area contributed by atoms with Gasteiger partial charge in [0.05, 0.1) is 33.3 Å². The average molecular weight is 640 g/mol. The van der Waals surface area contributed by atoms with E-state index in [2.05, 4.69) is 0 Å². The van der Waals surface area contributed by atoms with Gasteiger partial charge >= 0.3 is 11.5 Å². The summed E-state index contributed by atoms with van der Waals surface area (Å²) in [7, 11) is 0. The molecule has 0 spiro atoms. The first-order valence-corrected chi connectivity index (χ1v) is 15.3. The van der Waals surface area contributed by atoms with Gasteiger partial charge in [0.1, 0.15) is 11.5 Å². The Hall–Kier alpha value is -5.42. The van der Waals surface area contributed by atoms with Crippen LogP contribution in [0.1, 0.15) is 16.7 Å². The zero-order valence-corrected chi connectivity index (χ0v) is 25.8. The van der Waals surface area contributed by atoms with E-state index in [0.29, 0.717) is 55.3 Å². The number of allylic oxidation sites excluding steroid dienone is 6. The van der Waals surface area contributed by atoms with Crippen molar-refractivity contribution in [3.63, 3.8) is 0 Å². The van der Waals surface area contributed by atoms with Crippen LogP contribution in [-0.4, -0.2) is 5.78 Å². The molecule has 0 bridgehead atoms. The fraction of sp³-hybridized carbons (Fsp3) is 0. The molecule has 1 aliphatic carbocycles. The number of benzene rings is 4. The van der Waals surface area contributed by atoms with Gasteiger partial charge < -0.3 is 9.84 Å². The van der Waals surface area contributed by atoms with Crippen LogP contribution in [0.3, 0.4) is 0 Å². The van der Waals surface area contributed by atoms with Gasteiger partial charge in [0.15, 0.2) is 5.78 Å². The molecule has 1 aliphatic heterocycles. The molecule has 0 fully saturated rings. The molecule has 0 saturated heterocycles. The Labute approximate surface area is 276 Å². The van der Waals surface area contributed by atoms with Crippen molar-refractivity contribution in [3.8, 4) is 22.6 Å². The Morgan fingerprint density at radius 1 is 0.630 bits per heavy atom. The van der Waals surface area contributed by atoms with E-state index in [0.717, 1.165) is 11.1 Å². The quantitative estimate of drug-likeness (QED) is 0.137. The number of hydrogen-bond acceptors (Lipinski definition) is 3. The third-order valence-corrected chi connectivity index (χ3v) is 8.29. The molecule has 46 heavy (non-hydrogen) atoms. The predicted molar refractivity (Wildman–Crippen MR) is 182 cm³/mol. The molecular formula is C40H24Cl2O4. The van der Waals surface area contributed by atoms with Crippen LogP contribution in [0.4, 0.5) is 0 Å². The highest BCUT2D eigenvalue weighted by molar-refractivity contribution is 6.33. The van der Waals surface area contributed by atoms with Crippen LogP contribution in [0.2, 0.25) is 10.0 Å². The van der Waals surface area contributed by atoms with E-state index in [1.165, 1.54) is 0 Å². The van der Waals surface area contributed by atoms with Gasteiger partial charge in [-0.05, 0) is 71.8 Å². The molecule has 0 unspecified atom stereocenters. The molecule has 4 nitrogen and oxygen atoms in total. The topological polar surface area (TPSA) is 60.7 Å². The smallest absolute Gasteiger partial charge is 0.362 e. The van der Waals surface area contributed by atoms with Crippen molar-refractivity contribution in [2.45, 2.75) is 0 Å². The van der Waals surface area contributed by atoms with Crippen LogP contribution >= 0.6 is 23.2 Å². The van der Waals surface area contributed by atoms with E-state index >= 15 is 0 Å². The molecule has 4 aromatic carbocycles. The summed E-state index contributed by atoms with van der Waals surface area (Å²) in [6.45, 7) is 0.